The Morgan fingerprint density at radius 1 is 1.31 bits per heavy atom. The quantitative estimate of drug-likeness (QED) is 0.478. The summed E-state index contributed by atoms with van der Waals surface area (Å²) in [7, 11) is 0. The Kier molecular flexibility index (Phi) is 7.51. The maximum atomic E-state index is 12.6. The van der Waals surface area contributed by atoms with Gasteiger partial charge < -0.3 is 30.5 Å². The molecule has 2 aliphatic rings. The highest BCUT2D eigenvalue weighted by Crippen LogP contribution is 2.24. The fraction of sp³-hybridized carbons (Fsp3) is 0.722. The van der Waals surface area contributed by atoms with Gasteiger partial charge in [-0.1, -0.05) is 0 Å². The molecule has 1 aliphatic heterocycles. The molecule has 9 nitrogen and oxygen atoms in total. The van der Waals surface area contributed by atoms with Gasteiger partial charge in [0.1, 0.15) is 11.4 Å². The summed E-state index contributed by atoms with van der Waals surface area (Å²) >= 11 is 0. The monoisotopic (exact) mass is 415 g/mol. The third kappa shape index (κ3) is 6.44. The van der Waals surface area contributed by atoms with Crippen LogP contribution >= 0.6 is 0 Å². The van der Waals surface area contributed by atoms with Crippen LogP contribution < -0.4 is 16.0 Å². The van der Waals surface area contributed by atoms with Crippen molar-refractivity contribution >= 4 is 17.7 Å². The van der Waals surface area contributed by atoms with E-state index in [1.165, 1.54) is 6.20 Å². The van der Waals surface area contributed by atoms with E-state index in [-0.39, 0.29) is 36.7 Å². The second-order valence-corrected chi connectivity index (χ2v) is 7.45. The minimum atomic E-state index is -2.85. The highest BCUT2D eigenvalue weighted by molar-refractivity contribution is 5.98. The summed E-state index contributed by atoms with van der Waals surface area (Å²) < 4.78 is 33.8. The number of nitrogens with zero attached hydrogens (tertiary/aromatic N) is 2. The molecule has 1 aromatic rings. The molecule has 11 heteroatoms. The first-order valence-corrected chi connectivity index (χ1v) is 9.77. The molecule has 2 fully saturated rings. The molecule has 0 radical (unpaired) electrons. The smallest absolute Gasteiger partial charge is 0.345 e. The minimum absolute atomic E-state index is 0.0375. The van der Waals surface area contributed by atoms with E-state index in [1.807, 2.05) is 0 Å². The molecule has 0 aromatic carbocycles. The minimum Gasteiger partial charge on any atom is -0.393 e. The third-order valence-electron chi connectivity index (χ3n) is 4.89. The zero-order valence-corrected chi connectivity index (χ0v) is 16.2. The SMILES string of the molecule is C[C@@H](COC(F)F)Nc1ncc(C(=O)NC2COC2)c(N[C@H]2CC[C@H](O)CC2)n1. The molecule has 1 saturated carbocycles. The van der Waals surface area contributed by atoms with Crippen LogP contribution in [0, 0.1) is 0 Å². The number of halogens is 2. The first-order valence-electron chi connectivity index (χ1n) is 9.77. The maximum absolute atomic E-state index is 12.6. The number of alkyl halides is 2. The lowest BCUT2D eigenvalue weighted by Crippen LogP contribution is -2.48. The zero-order chi connectivity index (χ0) is 20.8. The number of hydrogen-bond acceptors (Lipinski definition) is 8. The number of nitrogens with one attached hydrogen (secondary N) is 3. The van der Waals surface area contributed by atoms with Crippen molar-refractivity contribution in [2.45, 2.75) is 63.4 Å². The summed E-state index contributed by atoms with van der Waals surface area (Å²) in [6, 6.07) is -0.419. The third-order valence-corrected chi connectivity index (χ3v) is 4.89. The predicted molar refractivity (Wildman–Crippen MR) is 101 cm³/mol. The summed E-state index contributed by atoms with van der Waals surface area (Å²) in [5.74, 6) is 0.262. The zero-order valence-electron chi connectivity index (χ0n) is 16.2. The Bertz CT molecular complexity index is 684. The molecule has 3 rings (SSSR count). The van der Waals surface area contributed by atoms with Crippen molar-refractivity contribution in [3.8, 4) is 0 Å². The number of anilines is 2. The standard InChI is InChI=1S/C18H27F2N5O4/c1-10(7-29-17(19)20)22-18-21-6-14(16(27)24-12-8-28-9-12)15(25-18)23-11-2-4-13(26)5-3-11/h6,10-13,17,26H,2-5,7-9H2,1H3,(H,24,27)(H2,21,22,23,25)/t10-,11-,13-/m0/s1. The van der Waals surface area contributed by atoms with Crippen LogP contribution in [0.3, 0.4) is 0 Å². The van der Waals surface area contributed by atoms with Gasteiger partial charge in [-0.3, -0.25) is 4.79 Å². The van der Waals surface area contributed by atoms with Crippen LogP contribution in [0.5, 0.6) is 0 Å². The van der Waals surface area contributed by atoms with Gasteiger partial charge in [-0.15, -0.1) is 0 Å². The van der Waals surface area contributed by atoms with Crippen molar-refractivity contribution in [2.24, 2.45) is 0 Å². The molecule has 4 N–H and O–H groups in total. The molecule has 0 bridgehead atoms. The molecule has 1 aromatic heterocycles. The first-order chi connectivity index (χ1) is 13.9. The van der Waals surface area contributed by atoms with Crippen LogP contribution in [0.2, 0.25) is 0 Å². The fourth-order valence-electron chi connectivity index (χ4n) is 3.20. The number of carbonyl (C=O) groups is 1. The van der Waals surface area contributed by atoms with Gasteiger partial charge in [0.25, 0.3) is 5.91 Å². The Hall–Kier alpha value is -2.11. The maximum Gasteiger partial charge on any atom is 0.345 e. The van der Waals surface area contributed by atoms with E-state index in [0.29, 0.717) is 37.4 Å². The number of aromatic nitrogens is 2. The Labute approximate surface area is 167 Å². The second-order valence-electron chi connectivity index (χ2n) is 7.45. The molecular weight excluding hydrogens is 388 g/mol. The van der Waals surface area contributed by atoms with E-state index in [2.05, 4.69) is 30.7 Å². The van der Waals surface area contributed by atoms with Crippen LogP contribution in [0.15, 0.2) is 6.20 Å². The number of aliphatic hydroxyl groups is 1. The van der Waals surface area contributed by atoms with Gasteiger partial charge in [0.15, 0.2) is 0 Å². The molecule has 2 heterocycles. The largest absolute Gasteiger partial charge is 0.393 e. The van der Waals surface area contributed by atoms with Crippen molar-refractivity contribution in [1.29, 1.82) is 0 Å². The van der Waals surface area contributed by atoms with Crippen LogP contribution in [0.1, 0.15) is 43.0 Å². The van der Waals surface area contributed by atoms with E-state index in [4.69, 9.17) is 4.74 Å². The van der Waals surface area contributed by atoms with Crippen molar-refractivity contribution in [2.75, 3.05) is 30.5 Å². The van der Waals surface area contributed by atoms with E-state index in [9.17, 15) is 18.7 Å². The van der Waals surface area contributed by atoms with E-state index < -0.39 is 12.7 Å². The van der Waals surface area contributed by atoms with Gasteiger partial charge in [-0.05, 0) is 32.6 Å². The molecule has 1 amide bonds. The number of rotatable bonds is 9. The van der Waals surface area contributed by atoms with Gasteiger partial charge in [0.2, 0.25) is 5.95 Å². The predicted octanol–water partition coefficient (Wildman–Crippen LogP) is 1.36. The number of carbonyl (C=O) groups excluding carboxylic acids is 1. The Morgan fingerprint density at radius 2 is 2.03 bits per heavy atom. The molecule has 29 heavy (non-hydrogen) atoms. The molecule has 1 saturated heterocycles. The number of aliphatic hydroxyl groups excluding tert-OH is 1. The number of hydrogen-bond donors (Lipinski definition) is 4. The summed E-state index contributed by atoms with van der Waals surface area (Å²) in [5, 5.41) is 18.7. The molecule has 1 aliphatic carbocycles. The van der Waals surface area contributed by atoms with Gasteiger partial charge >= 0.3 is 6.61 Å². The van der Waals surface area contributed by atoms with E-state index in [0.717, 1.165) is 12.8 Å². The molecule has 0 unspecified atom stereocenters. The van der Waals surface area contributed by atoms with Crippen molar-refractivity contribution < 1.29 is 28.2 Å². The highest BCUT2D eigenvalue weighted by Gasteiger charge is 2.26. The topological polar surface area (TPSA) is 118 Å². The highest BCUT2D eigenvalue weighted by atomic mass is 19.3. The average molecular weight is 415 g/mol. The number of amides is 1. The summed E-state index contributed by atoms with van der Waals surface area (Å²) in [4.78, 5) is 21.2. The lowest BCUT2D eigenvalue weighted by atomic mass is 9.93. The van der Waals surface area contributed by atoms with Crippen molar-refractivity contribution in [1.82, 2.24) is 15.3 Å². The first kappa shape index (κ1) is 21.6. The van der Waals surface area contributed by atoms with Gasteiger partial charge in [-0.25, -0.2) is 4.98 Å². The molecule has 0 spiro atoms. The number of ether oxygens (including phenoxy) is 2. The van der Waals surface area contributed by atoms with Crippen LogP contribution in [0.25, 0.3) is 0 Å². The van der Waals surface area contributed by atoms with Gasteiger partial charge in [-0.2, -0.15) is 13.8 Å². The van der Waals surface area contributed by atoms with Crippen molar-refractivity contribution in [3.63, 3.8) is 0 Å². The van der Waals surface area contributed by atoms with Crippen LogP contribution in [0.4, 0.5) is 20.5 Å². The lowest BCUT2D eigenvalue weighted by Gasteiger charge is -2.29. The van der Waals surface area contributed by atoms with Crippen molar-refractivity contribution in [3.05, 3.63) is 11.8 Å². The van der Waals surface area contributed by atoms with Gasteiger partial charge in [0, 0.05) is 18.3 Å². The molecule has 1 atom stereocenters. The van der Waals surface area contributed by atoms with E-state index >= 15 is 0 Å². The molecule has 162 valence electrons. The Balaban J connectivity index is 1.71. The van der Waals surface area contributed by atoms with Gasteiger partial charge in [0.05, 0.1) is 32.0 Å². The normalized spacial score (nSPS) is 23.3. The van der Waals surface area contributed by atoms with E-state index in [1.54, 1.807) is 6.92 Å². The molecular formula is C18H27F2N5O4. The Morgan fingerprint density at radius 3 is 2.66 bits per heavy atom. The van der Waals surface area contributed by atoms with Crippen LogP contribution in [-0.2, 0) is 9.47 Å². The lowest BCUT2D eigenvalue weighted by molar-refractivity contribution is -0.130. The fourth-order valence-corrected chi connectivity index (χ4v) is 3.20. The summed E-state index contributed by atoms with van der Waals surface area (Å²) in [5.41, 5.74) is 0.296. The van der Waals surface area contributed by atoms with Crippen LogP contribution in [-0.4, -0.2) is 71.6 Å². The average Bonchev–Trinajstić information content (AvgIpc) is 2.65. The summed E-state index contributed by atoms with van der Waals surface area (Å²) in [6.45, 7) is -0.457. The summed E-state index contributed by atoms with van der Waals surface area (Å²) in [6.07, 6.45) is 3.97. The second kappa shape index (κ2) is 10.1.